The van der Waals surface area contributed by atoms with Crippen molar-refractivity contribution in [1.29, 1.82) is 0 Å². The smallest absolute Gasteiger partial charge is 0.307 e. The van der Waals surface area contributed by atoms with Crippen molar-refractivity contribution in [3.63, 3.8) is 0 Å². The number of nitrogens with zero attached hydrogens (tertiary/aromatic N) is 4. The molecule has 144 valence electrons. The number of pyridine rings is 1. The fraction of sp³-hybridized carbons (Fsp3) is 0.500. The molecule has 4 N–H and O–H groups in total. The first kappa shape index (κ1) is 19.0. The Kier molecular flexibility index (Phi) is 5.50. The van der Waals surface area contributed by atoms with Crippen molar-refractivity contribution in [3.8, 4) is 11.4 Å². The summed E-state index contributed by atoms with van der Waals surface area (Å²) in [7, 11) is 1.77. The quantitative estimate of drug-likeness (QED) is 0.723. The fourth-order valence-electron chi connectivity index (χ4n) is 3.60. The van der Waals surface area contributed by atoms with Crippen LogP contribution in [0.1, 0.15) is 37.1 Å². The average molecular weight is 372 g/mol. The number of carbonyl (C=O) groups is 2. The number of hydrogen-bond donors (Lipinski definition) is 3. The Labute approximate surface area is 157 Å². The van der Waals surface area contributed by atoms with Crippen LogP contribution >= 0.6 is 0 Å². The standard InChI is InChI=1S/C18H24N6O3/c1-10-13(21-17(25)11-5-3-4-6-12(11)18(26)27)7-8-14(20-10)16-15(9-19)24(2)23-22-16/h7-8,11-12H,3-6,9,19H2,1-2H3,(H,21,25)(H,26,27)/t11-,12-/m0/s1. The molecule has 0 bridgehead atoms. The molecule has 9 nitrogen and oxygen atoms in total. The molecular formula is C18H24N6O3. The van der Waals surface area contributed by atoms with Crippen molar-refractivity contribution in [2.24, 2.45) is 24.6 Å². The molecule has 1 amide bonds. The van der Waals surface area contributed by atoms with Gasteiger partial charge in [0.15, 0.2) is 0 Å². The number of rotatable bonds is 5. The normalized spacial score (nSPS) is 19.7. The van der Waals surface area contributed by atoms with E-state index in [9.17, 15) is 14.7 Å². The Morgan fingerprint density at radius 3 is 2.63 bits per heavy atom. The van der Waals surface area contributed by atoms with Crippen molar-refractivity contribution < 1.29 is 14.7 Å². The van der Waals surface area contributed by atoms with Crippen LogP contribution in [0, 0.1) is 18.8 Å². The van der Waals surface area contributed by atoms with Crippen molar-refractivity contribution in [2.75, 3.05) is 5.32 Å². The zero-order valence-electron chi connectivity index (χ0n) is 15.5. The second kappa shape index (κ2) is 7.83. The molecule has 1 aliphatic rings. The third-order valence-corrected chi connectivity index (χ3v) is 5.14. The summed E-state index contributed by atoms with van der Waals surface area (Å²) in [6.07, 6.45) is 2.84. The van der Waals surface area contributed by atoms with E-state index >= 15 is 0 Å². The highest BCUT2D eigenvalue weighted by Crippen LogP contribution is 2.32. The van der Waals surface area contributed by atoms with E-state index in [0.717, 1.165) is 18.5 Å². The van der Waals surface area contributed by atoms with Crippen molar-refractivity contribution in [3.05, 3.63) is 23.5 Å². The summed E-state index contributed by atoms with van der Waals surface area (Å²) in [5.74, 6) is -2.31. The summed E-state index contributed by atoms with van der Waals surface area (Å²) in [5, 5.41) is 20.3. The number of nitrogens with one attached hydrogen (secondary N) is 1. The van der Waals surface area contributed by atoms with Gasteiger partial charge in [-0.05, 0) is 31.9 Å². The molecule has 1 saturated carbocycles. The summed E-state index contributed by atoms with van der Waals surface area (Å²) in [6.45, 7) is 2.07. The van der Waals surface area contributed by atoms with Gasteiger partial charge < -0.3 is 16.2 Å². The Morgan fingerprint density at radius 1 is 1.30 bits per heavy atom. The number of anilines is 1. The van der Waals surface area contributed by atoms with Crippen LogP contribution in [0.2, 0.25) is 0 Å². The lowest BCUT2D eigenvalue weighted by atomic mass is 9.78. The van der Waals surface area contributed by atoms with Crippen molar-refractivity contribution in [2.45, 2.75) is 39.2 Å². The molecule has 2 aromatic rings. The molecule has 0 aliphatic heterocycles. The topological polar surface area (TPSA) is 136 Å². The SMILES string of the molecule is Cc1nc(-c2nnn(C)c2CN)ccc1NC(=O)[C@H]1CCCC[C@@H]1C(=O)O. The van der Waals surface area contributed by atoms with Gasteiger partial charge in [-0.25, -0.2) is 4.98 Å². The third-order valence-electron chi connectivity index (χ3n) is 5.14. The maximum atomic E-state index is 12.6. The van der Waals surface area contributed by atoms with E-state index in [2.05, 4.69) is 20.6 Å². The summed E-state index contributed by atoms with van der Waals surface area (Å²) in [4.78, 5) is 28.6. The van der Waals surface area contributed by atoms with Crippen LogP contribution in [0.5, 0.6) is 0 Å². The van der Waals surface area contributed by atoms with Crippen LogP contribution in [-0.2, 0) is 23.2 Å². The van der Waals surface area contributed by atoms with Crippen molar-refractivity contribution in [1.82, 2.24) is 20.0 Å². The lowest BCUT2D eigenvalue weighted by Crippen LogP contribution is -2.36. The van der Waals surface area contributed by atoms with E-state index in [4.69, 9.17) is 5.73 Å². The zero-order chi connectivity index (χ0) is 19.6. The van der Waals surface area contributed by atoms with Gasteiger partial charge in [-0.1, -0.05) is 18.1 Å². The molecule has 0 spiro atoms. The first-order valence-electron chi connectivity index (χ1n) is 9.02. The minimum absolute atomic E-state index is 0.262. The Balaban J connectivity index is 1.80. The zero-order valence-corrected chi connectivity index (χ0v) is 15.5. The Hall–Kier alpha value is -2.81. The first-order chi connectivity index (χ1) is 12.9. The fourth-order valence-corrected chi connectivity index (χ4v) is 3.60. The number of carbonyl (C=O) groups excluding carboxylic acids is 1. The monoisotopic (exact) mass is 372 g/mol. The molecule has 0 saturated heterocycles. The first-order valence-corrected chi connectivity index (χ1v) is 9.02. The van der Waals surface area contributed by atoms with Crippen molar-refractivity contribution >= 4 is 17.6 Å². The summed E-state index contributed by atoms with van der Waals surface area (Å²) < 4.78 is 1.61. The van der Waals surface area contributed by atoms with E-state index in [1.165, 1.54) is 0 Å². The van der Waals surface area contributed by atoms with Gasteiger partial charge in [-0.15, -0.1) is 5.10 Å². The average Bonchev–Trinajstić information content (AvgIpc) is 3.03. The maximum absolute atomic E-state index is 12.6. The van der Waals surface area contributed by atoms with Crippen LogP contribution < -0.4 is 11.1 Å². The molecule has 0 unspecified atom stereocenters. The van der Waals surface area contributed by atoms with E-state index in [0.29, 0.717) is 35.6 Å². The molecule has 1 aliphatic carbocycles. The number of amides is 1. The largest absolute Gasteiger partial charge is 0.481 e. The molecule has 9 heteroatoms. The highest BCUT2D eigenvalue weighted by atomic mass is 16.4. The molecule has 3 rings (SSSR count). The molecule has 2 heterocycles. The second-order valence-electron chi connectivity index (χ2n) is 6.87. The molecule has 27 heavy (non-hydrogen) atoms. The maximum Gasteiger partial charge on any atom is 0.307 e. The molecule has 1 fully saturated rings. The van der Waals surface area contributed by atoms with Gasteiger partial charge >= 0.3 is 5.97 Å². The lowest BCUT2D eigenvalue weighted by Gasteiger charge is -2.27. The van der Waals surface area contributed by atoms with Crippen LogP contribution in [-0.4, -0.2) is 37.0 Å². The predicted octanol–water partition coefficient (Wildman–Crippen LogP) is 1.47. The summed E-state index contributed by atoms with van der Waals surface area (Å²) >= 11 is 0. The van der Waals surface area contributed by atoms with Crippen LogP contribution in [0.15, 0.2) is 12.1 Å². The molecule has 0 radical (unpaired) electrons. The minimum atomic E-state index is -0.906. The number of carboxylic acid groups (broad SMARTS) is 1. The van der Waals surface area contributed by atoms with Crippen LogP contribution in [0.4, 0.5) is 5.69 Å². The van der Waals surface area contributed by atoms with Gasteiger partial charge in [-0.2, -0.15) is 0 Å². The molecular weight excluding hydrogens is 348 g/mol. The number of aryl methyl sites for hydroxylation is 2. The van der Waals surface area contributed by atoms with E-state index in [1.807, 2.05) is 0 Å². The summed E-state index contributed by atoms with van der Waals surface area (Å²) in [5.41, 5.74) is 8.95. The van der Waals surface area contributed by atoms with Crippen LogP contribution in [0.3, 0.4) is 0 Å². The minimum Gasteiger partial charge on any atom is -0.481 e. The molecule has 2 atom stereocenters. The molecule has 2 aromatic heterocycles. The van der Waals surface area contributed by atoms with E-state index < -0.39 is 17.8 Å². The number of aliphatic carboxylic acids is 1. The highest BCUT2D eigenvalue weighted by Gasteiger charge is 2.35. The molecule has 0 aromatic carbocycles. The lowest BCUT2D eigenvalue weighted by molar-refractivity contribution is -0.147. The van der Waals surface area contributed by atoms with Gasteiger partial charge in [0, 0.05) is 13.6 Å². The highest BCUT2D eigenvalue weighted by molar-refractivity contribution is 5.95. The van der Waals surface area contributed by atoms with Gasteiger partial charge in [0.25, 0.3) is 0 Å². The predicted molar refractivity (Wildman–Crippen MR) is 98.6 cm³/mol. The Morgan fingerprint density at radius 2 is 2.00 bits per heavy atom. The van der Waals surface area contributed by atoms with E-state index in [1.54, 1.807) is 30.8 Å². The van der Waals surface area contributed by atoms with Gasteiger partial charge in [0.2, 0.25) is 5.91 Å². The van der Waals surface area contributed by atoms with E-state index in [-0.39, 0.29) is 12.5 Å². The number of hydrogen-bond acceptors (Lipinski definition) is 6. The number of aromatic nitrogens is 4. The number of carboxylic acids is 1. The third kappa shape index (κ3) is 3.82. The summed E-state index contributed by atoms with van der Waals surface area (Å²) in [6, 6.07) is 3.50. The second-order valence-corrected chi connectivity index (χ2v) is 6.87. The van der Waals surface area contributed by atoms with Gasteiger partial charge in [0.1, 0.15) is 5.69 Å². The number of nitrogens with two attached hydrogens (primary N) is 1. The van der Waals surface area contributed by atoms with Gasteiger partial charge in [-0.3, -0.25) is 14.3 Å². The van der Waals surface area contributed by atoms with Crippen LogP contribution in [0.25, 0.3) is 11.4 Å². The Bertz CT molecular complexity index is 863. The van der Waals surface area contributed by atoms with Gasteiger partial charge in [0.05, 0.1) is 34.6 Å².